The number of aryl methyl sites for hydroxylation is 1. The molecule has 3 aliphatic rings. The number of thiazole rings is 1. The van der Waals surface area contributed by atoms with E-state index in [1.165, 1.54) is 49.1 Å². The smallest absolute Gasteiger partial charge is 0.267 e. The van der Waals surface area contributed by atoms with Crippen LogP contribution in [0.5, 0.6) is 5.88 Å². The highest BCUT2D eigenvalue weighted by Gasteiger charge is 2.42. The van der Waals surface area contributed by atoms with E-state index in [-0.39, 0.29) is 35.0 Å². The minimum Gasteiger partial charge on any atom is -0.473 e. The van der Waals surface area contributed by atoms with Crippen LogP contribution in [0.15, 0.2) is 30.6 Å². The SMILES string of the molecule is Cc1nc(OC2CCNC3(CCC3)C2)c(C(=O)N[C@@H]2CCCN(c3cc(-c4ccc(C(N)=O)c(F)c4)n4ncnc(N)c34)C2)s1. The van der Waals surface area contributed by atoms with Gasteiger partial charge in [-0.2, -0.15) is 5.10 Å². The van der Waals surface area contributed by atoms with Gasteiger partial charge >= 0.3 is 0 Å². The molecule has 2 saturated heterocycles. The molecule has 2 atom stereocenters. The van der Waals surface area contributed by atoms with Crippen LogP contribution in [0.1, 0.15) is 70.0 Å². The number of nitrogens with zero attached hydrogens (tertiary/aromatic N) is 5. The molecule has 5 heterocycles. The van der Waals surface area contributed by atoms with Gasteiger partial charge in [0.05, 0.1) is 22.0 Å². The number of nitrogens with two attached hydrogens (primary N) is 2. The Morgan fingerprint density at radius 2 is 2.07 bits per heavy atom. The number of nitrogens with one attached hydrogen (secondary N) is 2. The molecule has 3 fully saturated rings. The van der Waals surface area contributed by atoms with Crippen LogP contribution in [0.4, 0.5) is 15.9 Å². The van der Waals surface area contributed by atoms with E-state index in [9.17, 15) is 14.0 Å². The average Bonchev–Trinajstić information content (AvgIpc) is 3.57. The van der Waals surface area contributed by atoms with Crippen LogP contribution in [0.25, 0.3) is 16.8 Å². The molecule has 45 heavy (non-hydrogen) atoms. The second kappa shape index (κ2) is 11.6. The maximum Gasteiger partial charge on any atom is 0.267 e. The third-order valence-corrected chi connectivity index (χ3v) is 10.2. The maximum atomic E-state index is 14.7. The first-order chi connectivity index (χ1) is 21.7. The van der Waals surface area contributed by atoms with Gasteiger partial charge in [0.25, 0.3) is 11.8 Å². The van der Waals surface area contributed by atoms with E-state index in [0.29, 0.717) is 34.1 Å². The lowest BCUT2D eigenvalue weighted by Crippen LogP contribution is -2.57. The largest absolute Gasteiger partial charge is 0.473 e. The number of benzene rings is 1. The fraction of sp³-hybridized carbons (Fsp3) is 0.452. The zero-order valence-electron chi connectivity index (χ0n) is 25.0. The molecule has 1 aromatic carbocycles. The van der Waals surface area contributed by atoms with Crippen molar-refractivity contribution in [3.05, 3.63) is 51.9 Å². The number of carbonyl (C=O) groups is 2. The van der Waals surface area contributed by atoms with Gasteiger partial charge in [-0.3, -0.25) is 9.59 Å². The molecular formula is C31H36FN9O3S. The van der Waals surface area contributed by atoms with Gasteiger partial charge in [0.2, 0.25) is 5.88 Å². The van der Waals surface area contributed by atoms with Crippen molar-refractivity contribution in [1.29, 1.82) is 0 Å². The van der Waals surface area contributed by atoms with Gasteiger partial charge in [-0.05, 0) is 70.2 Å². The second-order valence-corrected chi connectivity index (χ2v) is 13.5. The number of hydrogen-bond acceptors (Lipinski definition) is 10. The highest BCUT2D eigenvalue weighted by molar-refractivity contribution is 7.13. The number of aromatic nitrogens is 4. The third-order valence-electron chi connectivity index (χ3n) is 9.27. The van der Waals surface area contributed by atoms with Crippen LogP contribution >= 0.6 is 11.3 Å². The molecule has 2 amide bonds. The number of ether oxygens (including phenoxy) is 1. The molecule has 14 heteroatoms. The van der Waals surface area contributed by atoms with Crippen molar-refractivity contribution in [2.24, 2.45) is 5.73 Å². The summed E-state index contributed by atoms with van der Waals surface area (Å²) < 4.78 is 22.7. The summed E-state index contributed by atoms with van der Waals surface area (Å²) in [6, 6.07) is 5.98. The highest BCUT2D eigenvalue weighted by atomic mass is 32.1. The Morgan fingerprint density at radius 3 is 2.82 bits per heavy atom. The van der Waals surface area contributed by atoms with E-state index in [4.69, 9.17) is 16.2 Å². The fourth-order valence-electron chi connectivity index (χ4n) is 6.92. The van der Waals surface area contributed by atoms with E-state index >= 15 is 0 Å². The minimum atomic E-state index is -0.840. The van der Waals surface area contributed by atoms with E-state index in [1.54, 1.807) is 10.6 Å². The summed E-state index contributed by atoms with van der Waals surface area (Å²) in [6.07, 6.45) is 8.42. The molecular weight excluding hydrogens is 597 g/mol. The van der Waals surface area contributed by atoms with Gasteiger partial charge in [0.15, 0.2) is 10.7 Å². The van der Waals surface area contributed by atoms with Crippen molar-refractivity contribution in [2.75, 3.05) is 30.3 Å². The Hall–Kier alpha value is -4.30. The molecule has 7 rings (SSSR count). The van der Waals surface area contributed by atoms with Crippen LogP contribution in [0.2, 0.25) is 0 Å². The number of amides is 2. The van der Waals surface area contributed by atoms with E-state index < -0.39 is 11.7 Å². The molecule has 6 N–H and O–H groups in total. The molecule has 3 aromatic heterocycles. The number of piperidine rings is 2. The van der Waals surface area contributed by atoms with Crippen LogP contribution in [0, 0.1) is 12.7 Å². The fourth-order valence-corrected chi connectivity index (χ4v) is 7.67. The third kappa shape index (κ3) is 5.56. The van der Waals surface area contributed by atoms with Crippen LogP contribution < -0.4 is 31.7 Å². The summed E-state index contributed by atoms with van der Waals surface area (Å²) >= 11 is 1.35. The molecule has 4 aromatic rings. The van der Waals surface area contributed by atoms with Crippen molar-refractivity contribution in [3.8, 4) is 17.1 Å². The first kappa shape index (κ1) is 29.4. The Bertz CT molecular complexity index is 1790. The topological polar surface area (TPSA) is 166 Å². The van der Waals surface area contributed by atoms with E-state index in [0.717, 1.165) is 49.5 Å². The maximum absolute atomic E-state index is 14.7. The predicted octanol–water partition coefficient (Wildman–Crippen LogP) is 3.43. The Morgan fingerprint density at radius 1 is 1.22 bits per heavy atom. The van der Waals surface area contributed by atoms with Crippen LogP contribution in [-0.2, 0) is 0 Å². The average molecular weight is 634 g/mol. The molecule has 1 spiro atoms. The van der Waals surface area contributed by atoms with Crippen molar-refractivity contribution < 1.29 is 18.7 Å². The quantitative estimate of drug-likeness (QED) is 0.239. The molecule has 1 saturated carbocycles. The minimum absolute atomic E-state index is 0.0373. The monoisotopic (exact) mass is 633 g/mol. The van der Waals surface area contributed by atoms with E-state index in [2.05, 4.69) is 30.6 Å². The number of anilines is 2. The Labute approximate surface area is 263 Å². The number of fused-ring (bicyclic) bond motifs is 1. The number of rotatable bonds is 7. The zero-order valence-corrected chi connectivity index (χ0v) is 25.8. The second-order valence-electron chi connectivity index (χ2n) is 12.3. The number of primary amides is 1. The summed E-state index contributed by atoms with van der Waals surface area (Å²) in [5, 5.41) is 12.1. The molecule has 0 bridgehead atoms. The Balaban J connectivity index is 1.10. The van der Waals surface area contributed by atoms with Gasteiger partial charge in [-0.1, -0.05) is 6.07 Å². The van der Waals surface area contributed by atoms with Crippen molar-refractivity contribution in [3.63, 3.8) is 0 Å². The molecule has 1 aliphatic carbocycles. The van der Waals surface area contributed by atoms with Crippen molar-refractivity contribution in [2.45, 2.75) is 69.6 Å². The number of hydrogen-bond donors (Lipinski definition) is 4. The molecule has 1 unspecified atom stereocenters. The first-order valence-corrected chi connectivity index (χ1v) is 16.2. The van der Waals surface area contributed by atoms with Gasteiger partial charge in [-0.15, -0.1) is 11.3 Å². The molecule has 2 aliphatic heterocycles. The summed E-state index contributed by atoms with van der Waals surface area (Å²) in [5.74, 6) is -1.05. The molecule has 12 nitrogen and oxygen atoms in total. The predicted molar refractivity (Wildman–Crippen MR) is 169 cm³/mol. The van der Waals surface area contributed by atoms with Crippen LogP contribution in [0.3, 0.4) is 0 Å². The first-order valence-electron chi connectivity index (χ1n) is 15.4. The zero-order chi connectivity index (χ0) is 31.3. The summed E-state index contributed by atoms with van der Waals surface area (Å²) in [4.78, 5) is 36.6. The lowest BCUT2D eigenvalue weighted by molar-refractivity contribution is 0.0493. The van der Waals surface area contributed by atoms with Crippen molar-refractivity contribution in [1.82, 2.24) is 30.2 Å². The van der Waals surface area contributed by atoms with E-state index in [1.807, 2.05) is 13.0 Å². The number of nitrogen functional groups attached to an aromatic ring is 1. The number of halogens is 1. The van der Waals surface area contributed by atoms with Gasteiger partial charge in [0, 0.05) is 36.7 Å². The summed E-state index contributed by atoms with van der Waals surface area (Å²) in [6.45, 7) is 4.05. The lowest BCUT2D eigenvalue weighted by Gasteiger charge is -2.48. The standard InChI is InChI=1S/C31H36FN9O3S/c1-17-38-30(44-20-7-10-36-31(14-20)8-3-9-31)26(45-17)29(43)39-19-4-2-11-40(15-19)24-13-23(41-25(24)27(33)35-16-37-41)18-5-6-21(28(34)42)22(32)12-18/h5-6,12-13,16,19-20,36H,2-4,7-11,14-15H2,1H3,(H2,34,42)(H,39,43)(H2,33,35,37)/t19-,20?/m1/s1. The van der Waals surface area contributed by atoms with Gasteiger partial charge in [-0.25, -0.2) is 18.9 Å². The number of carbonyl (C=O) groups excluding carboxylic acids is 2. The summed E-state index contributed by atoms with van der Waals surface area (Å²) in [5.41, 5.74) is 14.1. The van der Waals surface area contributed by atoms with Gasteiger partial charge < -0.3 is 31.7 Å². The molecule has 236 valence electrons. The van der Waals surface area contributed by atoms with Crippen molar-refractivity contribution >= 4 is 40.2 Å². The lowest BCUT2D eigenvalue weighted by atomic mass is 9.71. The highest BCUT2D eigenvalue weighted by Crippen LogP contribution is 2.40. The molecule has 0 radical (unpaired) electrons. The van der Waals surface area contributed by atoms with Crippen LogP contribution in [-0.4, -0.2) is 68.7 Å². The normalized spacial score (nSPS) is 21.1. The Kier molecular flexibility index (Phi) is 7.56. The summed E-state index contributed by atoms with van der Waals surface area (Å²) in [7, 11) is 0. The van der Waals surface area contributed by atoms with Gasteiger partial charge in [0.1, 0.15) is 23.8 Å².